The van der Waals surface area contributed by atoms with Gasteiger partial charge in [-0.2, -0.15) is 0 Å². The van der Waals surface area contributed by atoms with Gasteiger partial charge in [0.05, 0.1) is 5.92 Å². The topological polar surface area (TPSA) is 61.4 Å². The van der Waals surface area contributed by atoms with Crippen molar-refractivity contribution in [2.24, 2.45) is 5.92 Å². The highest BCUT2D eigenvalue weighted by Gasteiger charge is 2.34. The van der Waals surface area contributed by atoms with Crippen LogP contribution in [0.4, 0.5) is 5.69 Å². The molecule has 1 aromatic rings. The summed E-state index contributed by atoms with van der Waals surface area (Å²) in [7, 11) is 0. The monoisotopic (exact) mass is 323 g/mol. The summed E-state index contributed by atoms with van der Waals surface area (Å²) in [6, 6.07) is 7.10. The number of nitrogens with one attached hydrogen (secondary N) is 2. The molecule has 2 N–H and O–H groups in total. The zero-order valence-corrected chi connectivity index (χ0v) is 13.5. The van der Waals surface area contributed by atoms with Gasteiger partial charge < -0.3 is 15.5 Å². The van der Waals surface area contributed by atoms with Crippen molar-refractivity contribution in [3.8, 4) is 0 Å². The largest absolute Gasteiger partial charge is 0.355 e. The Labute approximate surface area is 136 Å². The van der Waals surface area contributed by atoms with E-state index in [1.807, 2.05) is 0 Å². The molecule has 1 aliphatic heterocycles. The maximum atomic E-state index is 12.1. The molecule has 22 heavy (non-hydrogen) atoms. The van der Waals surface area contributed by atoms with Gasteiger partial charge in [-0.05, 0) is 37.2 Å². The van der Waals surface area contributed by atoms with Crippen LogP contribution in [0.25, 0.3) is 0 Å². The second kappa shape index (κ2) is 8.15. The van der Waals surface area contributed by atoms with Crippen molar-refractivity contribution in [1.82, 2.24) is 10.6 Å². The van der Waals surface area contributed by atoms with Crippen molar-refractivity contribution in [2.45, 2.75) is 19.8 Å². The van der Waals surface area contributed by atoms with Gasteiger partial charge in [-0.25, -0.2) is 0 Å². The Morgan fingerprint density at radius 1 is 1.27 bits per heavy atom. The molecule has 1 fully saturated rings. The molecular formula is C16H22ClN3O2. The van der Waals surface area contributed by atoms with Crippen molar-refractivity contribution < 1.29 is 9.59 Å². The Morgan fingerprint density at radius 3 is 2.68 bits per heavy atom. The summed E-state index contributed by atoms with van der Waals surface area (Å²) in [5.41, 5.74) is 0.786. The Kier molecular flexibility index (Phi) is 6.21. The fourth-order valence-electron chi connectivity index (χ4n) is 2.47. The minimum Gasteiger partial charge on any atom is -0.355 e. The molecule has 1 heterocycles. The summed E-state index contributed by atoms with van der Waals surface area (Å²) in [5, 5.41) is 6.74. The van der Waals surface area contributed by atoms with E-state index < -0.39 is 0 Å². The Morgan fingerprint density at radius 2 is 2.00 bits per heavy atom. The summed E-state index contributed by atoms with van der Waals surface area (Å²) in [6.45, 7) is 4.81. The van der Waals surface area contributed by atoms with Crippen molar-refractivity contribution in [3.63, 3.8) is 0 Å². The van der Waals surface area contributed by atoms with Crippen LogP contribution in [0.2, 0.25) is 5.02 Å². The predicted molar refractivity (Wildman–Crippen MR) is 88.1 cm³/mol. The van der Waals surface area contributed by atoms with Crippen LogP contribution >= 0.6 is 11.6 Å². The lowest BCUT2D eigenvalue weighted by Gasteiger charge is -2.16. The Bertz CT molecular complexity index is 519. The van der Waals surface area contributed by atoms with Gasteiger partial charge in [0, 0.05) is 36.8 Å². The molecule has 120 valence electrons. The lowest BCUT2D eigenvalue weighted by molar-refractivity contribution is -0.126. The summed E-state index contributed by atoms with van der Waals surface area (Å²) in [5.74, 6) is -0.357. The predicted octanol–water partition coefficient (Wildman–Crippen LogP) is 1.81. The van der Waals surface area contributed by atoms with E-state index in [-0.39, 0.29) is 24.2 Å². The average molecular weight is 324 g/mol. The summed E-state index contributed by atoms with van der Waals surface area (Å²) >= 11 is 5.85. The molecule has 0 bridgehead atoms. The van der Waals surface area contributed by atoms with Crippen LogP contribution in [0.1, 0.15) is 19.8 Å². The number of halogens is 1. The molecule has 1 aliphatic rings. The molecule has 1 unspecified atom stereocenters. The Hall–Kier alpha value is -1.59. The molecule has 1 aromatic carbocycles. The number of amides is 2. The highest BCUT2D eigenvalue weighted by atomic mass is 35.5. The van der Waals surface area contributed by atoms with E-state index in [1.165, 1.54) is 0 Å². The van der Waals surface area contributed by atoms with Crippen LogP contribution in [0.5, 0.6) is 0 Å². The van der Waals surface area contributed by atoms with Gasteiger partial charge in [-0.3, -0.25) is 9.59 Å². The van der Waals surface area contributed by atoms with E-state index in [9.17, 15) is 9.59 Å². The van der Waals surface area contributed by atoms with Gasteiger partial charge in [0.2, 0.25) is 11.8 Å². The van der Waals surface area contributed by atoms with E-state index in [1.54, 1.807) is 29.2 Å². The first kappa shape index (κ1) is 16.8. The molecule has 0 aliphatic carbocycles. The quantitative estimate of drug-likeness (QED) is 0.752. The minimum absolute atomic E-state index is 0.0217. The average Bonchev–Trinajstić information content (AvgIpc) is 2.90. The molecule has 2 amide bonds. The summed E-state index contributed by atoms with van der Waals surface area (Å²) < 4.78 is 0. The number of hydrogen-bond acceptors (Lipinski definition) is 3. The van der Waals surface area contributed by atoms with Gasteiger partial charge >= 0.3 is 0 Å². The number of hydrogen-bond donors (Lipinski definition) is 2. The summed E-state index contributed by atoms with van der Waals surface area (Å²) in [4.78, 5) is 25.9. The molecule has 5 nitrogen and oxygen atoms in total. The van der Waals surface area contributed by atoms with Crippen LogP contribution in [0.15, 0.2) is 24.3 Å². The number of rotatable bonds is 7. The number of carbonyl (C=O) groups is 2. The standard InChI is InChI=1S/C16H22ClN3O2/c1-2-7-18-8-9-19-16(22)12-10-15(21)20(11-12)14-5-3-13(17)4-6-14/h3-6,12,18H,2,7-11H2,1H3,(H,19,22). The lowest BCUT2D eigenvalue weighted by atomic mass is 10.1. The van der Waals surface area contributed by atoms with Crippen LogP contribution < -0.4 is 15.5 Å². The first-order valence-electron chi connectivity index (χ1n) is 7.66. The zero-order valence-electron chi connectivity index (χ0n) is 12.8. The number of anilines is 1. The molecule has 2 rings (SSSR count). The lowest BCUT2D eigenvalue weighted by Crippen LogP contribution is -2.37. The molecule has 0 saturated carbocycles. The third kappa shape index (κ3) is 4.45. The number of carbonyl (C=O) groups excluding carboxylic acids is 2. The van der Waals surface area contributed by atoms with Gasteiger partial charge in [-0.1, -0.05) is 18.5 Å². The molecule has 1 saturated heterocycles. The smallest absolute Gasteiger partial charge is 0.227 e. The van der Waals surface area contributed by atoms with E-state index in [4.69, 9.17) is 11.6 Å². The van der Waals surface area contributed by atoms with E-state index in [2.05, 4.69) is 17.6 Å². The molecular weight excluding hydrogens is 302 g/mol. The maximum Gasteiger partial charge on any atom is 0.227 e. The Balaban J connectivity index is 1.83. The SMILES string of the molecule is CCCNCCNC(=O)C1CC(=O)N(c2ccc(Cl)cc2)C1. The van der Waals surface area contributed by atoms with Gasteiger partial charge in [0.15, 0.2) is 0 Å². The molecule has 1 atom stereocenters. The molecule has 0 aromatic heterocycles. The number of benzene rings is 1. The van der Waals surface area contributed by atoms with E-state index in [0.717, 1.165) is 25.2 Å². The van der Waals surface area contributed by atoms with Gasteiger partial charge in [0.25, 0.3) is 0 Å². The fraction of sp³-hybridized carbons (Fsp3) is 0.500. The van der Waals surface area contributed by atoms with Gasteiger partial charge in [-0.15, -0.1) is 0 Å². The number of nitrogens with zero attached hydrogens (tertiary/aromatic N) is 1. The van der Waals surface area contributed by atoms with E-state index >= 15 is 0 Å². The normalized spacial score (nSPS) is 17.8. The van der Waals surface area contributed by atoms with Crippen LogP contribution in [0.3, 0.4) is 0 Å². The molecule has 0 spiro atoms. The van der Waals surface area contributed by atoms with Crippen molar-refractivity contribution in [3.05, 3.63) is 29.3 Å². The molecule has 0 radical (unpaired) electrons. The van der Waals surface area contributed by atoms with E-state index in [0.29, 0.717) is 18.1 Å². The fourth-order valence-corrected chi connectivity index (χ4v) is 2.60. The van der Waals surface area contributed by atoms with Crippen molar-refractivity contribution >= 4 is 29.1 Å². The zero-order chi connectivity index (χ0) is 15.9. The minimum atomic E-state index is -0.283. The highest BCUT2D eigenvalue weighted by molar-refractivity contribution is 6.30. The van der Waals surface area contributed by atoms with Crippen LogP contribution in [-0.4, -0.2) is 38.0 Å². The first-order chi connectivity index (χ1) is 10.6. The van der Waals surface area contributed by atoms with Crippen molar-refractivity contribution in [1.29, 1.82) is 0 Å². The van der Waals surface area contributed by atoms with Gasteiger partial charge in [0.1, 0.15) is 0 Å². The summed E-state index contributed by atoms with van der Waals surface area (Å²) in [6.07, 6.45) is 1.33. The molecule has 6 heteroatoms. The maximum absolute atomic E-state index is 12.1. The highest BCUT2D eigenvalue weighted by Crippen LogP contribution is 2.26. The van der Waals surface area contributed by atoms with Crippen molar-refractivity contribution in [2.75, 3.05) is 31.1 Å². The second-order valence-electron chi connectivity index (χ2n) is 5.42. The third-order valence-corrected chi connectivity index (χ3v) is 3.91. The second-order valence-corrected chi connectivity index (χ2v) is 5.86. The van der Waals surface area contributed by atoms with Crippen LogP contribution in [-0.2, 0) is 9.59 Å². The third-order valence-electron chi connectivity index (χ3n) is 3.66. The first-order valence-corrected chi connectivity index (χ1v) is 8.04. The van der Waals surface area contributed by atoms with Crippen LogP contribution in [0, 0.1) is 5.92 Å².